The molecular weight excluding hydrogens is 395 g/mol. The summed E-state index contributed by atoms with van der Waals surface area (Å²) in [5, 5.41) is 3.08. The van der Waals surface area contributed by atoms with Gasteiger partial charge >= 0.3 is 0 Å². The van der Waals surface area contributed by atoms with Crippen LogP contribution in [0.5, 0.6) is 0 Å². The van der Waals surface area contributed by atoms with Crippen LogP contribution in [0.1, 0.15) is 30.9 Å². The van der Waals surface area contributed by atoms with Gasteiger partial charge in [-0.3, -0.25) is 9.59 Å². The molecule has 1 aromatic heterocycles. The maximum Gasteiger partial charge on any atom is 0.269 e. The fourth-order valence-corrected chi connectivity index (χ4v) is 3.09. The van der Waals surface area contributed by atoms with Gasteiger partial charge in [0.1, 0.15) is 16.7 Å². The third-order valence-corrected chi connectivity index (χ3v) is 4.91. The van der Waals surface area contributed by atoms with E-state index in [1.165, 1.54) is 18.0 Å². The van der Waals surface area contributed by atoms with E-state index in [9.17, 15) is 14.0 Å². The number of carbonyl (C=O) groups excluding carboxylic acids is 2. The highest BCUT2D eigenvalue weighted by atomic mass is 35.5. The zero-order chi connectivity index (χ0) is 21.0. The van der Waals surface area contributed by atoms with Crippen molar-refractivity contribution in [3.05, 3.63) is 70.4 Å². The number of carbonyl (C=O) groups is 2. The monoisotopic (exact) mass is 414 g/mol. The molecule has 0 spiro atoms. The Morgan fingerprint density at radius 1 is 1.31 bits per heavy atom. The number of rotatable bonds is 6. The average molecular weight is 415 g/mol. The van der Waals surface area contributed by atoms with Crippen molar-refractivity contribution in [2.45, 2.75) is 26.3 Å². The molecule has 0 radical (unpaired) electrons. The second kappa shape index (κ2) is 8.96. The first-order valence-electron chi connectivity index (χ1n) is 9.12. The van der Waals surface area contributed by atoms with E-state index in [2.05, 4.69) is 15.3 Å². The molecule has 0 bridgehead atoms. The van der Waals surface area contributed by atoms with Crippen molar-refractivity contribution < 1.29 is 14.0 Å². The Morgan fingerprint density at radius 3 is 2.79 bits per heavy atom. The molecule has 0 fully saturated rings. The Kier molecular flexibility index (Phi) is 6.39. The normalized spacial score (nSPS) is 13.0. The van der Waals surface area contributed by atoms with Crippen LogP contribution in [0, 0.1) is 5.82 Å². The first kappa shape index (κ1) is 20.7. The van der Waals surface area contributed by atoms with Crippen LogP contribution >= 0.6 is 11.6 Å². The fourth-order valence-electron chi connectivity index (χ4n) is 2.90. The van der Waals surface area contributed by atoms with Gasteiger partial charge in [-0.1, -0.05) is 30.7 Å². The van der Waals surface area contributed by atoms with Crippen molar-refractivity contribution in [2.75, 3.05) is 11.9 Å². The summed E-state index contributed by atoms with van der Waals surface area (Å²) in [6.07, 6.45) is 3.97. The number of anilines is 1. The first-order chi connectivity index (χ1) is 13.9. The highest BCUT2D eigenvalue weighted by Gasteiger charge is 2.19. The molecular formula is C21H20ClFN4O2. The zero-order valence-electron chi connectivity index (χ0n) is 16.1. The third kappa shape index (κ3) is 4.68. The summed E-state index contributed by atoms with van der Waals surface area (Å²) in [5.74, 6) is -1.03. The van der Waals surface area contributed by atoms with Crippen LogP contribution in [0.2, 0.25) is 5.15 Å². The van der Waals surface area contributed by atoms with E-state index in [-0.39, 0.29) is 36.2 Å². The van der Waals surface area contributed by atoms with Crippen LogP contribution in [0.15, 0.2) is 53.3 Å². The highest BCUT2D eigenvalue weighted by Crippen LogP contribution is 2.24. The van der Waals surface area contributed by atoms with Crippen LogP contribution in [-0.4, -0.2) is 29.6 Å². The van der Waals surface area contributed by atoms with E-state index in [4.69, 9.17) is 11.6 Å². The molecule has 2 amide bonds. The second-order valence-corrected chi connectivity index (χ2v) is 6.82. The highest BCUT2D eigenvalue weighted by molar-refractivity contribution is 6.30. The van der Waals surface area contributed by atoms with Gasteiger partial charge in [-0.25, -0.2) is 14.4 Å². The predicted molar refractivity (Wildman–Crippen MR) is 110 cm³/mol. The molecule has 150 valence electrons. The van der Waals surface area contributed by atoms with Gasteiger partial charge in [0.25, 0.3) is 5.91 Å². The summed E-state index contributed by atoms with van der Waals surface area (Å²) in [5.41, 5.74) is 2.33. The molecule has 1 N–H and O–H groups in total. The summed E-state index contributed by atoms with van der Waals surface area (Å²) >= 11 is 5.98. The lowest BCUT2D eigenvalue weighted by Crippen LogP contribution is -2.26. The van der Waals surface area contributed by atoms with Crippen LogP contribution in [0.4, 0.5) is 10.1 Å². The summed E-state index contributed by atoms with van der Waals surface area (Å²) in [6.45, 7) is 1.95. The molecule has 8 heteroatoms. The molecule has 0 aliphatic carbocycles. The quantitative estimate of drug-likeness (QED) is 0.733. The molecule has 3 rings (SSSR count). The summed E-state index contributed by atoms with van der Waals surface area (Å²) in [4.78, 5) is 33.7. The molecule has 2 aromatic rings. The molecule has 1 aliphatic rings. The number of aliphatic imine (C=N–C) groups is 1. The van der Waals surface area contributed by atoms with E-state index in [0.29, 0.717) is 28.4 Å². The molecule has 0 unspecified atom stereocenters. The Morgan fingerprint density at radius 2 is 2.10 bits per heavy atom. The smallest absolute Gasteiger partial charge is 0.269 e. The van der Waals surface area contributed by atoms with Gasteiger partial charge in [-0.15, -0.1) is 0 Å². The third-order valence-electron chi connectivity index (χ3n) is 4.57. The van der Waals surface area contributed by atoms with Crippen LogP contribution in [0.3, 0.4) is 0 Å². The van der Waals surface area contributed by atoms with E-state index in [1.54, 1.807) is 43.5 Å². The Hall–Kier alpha value is -3.06. The standard InChI is InChI=1S/C21H20ClFN4O2/c1-3-19(28)27(2)18-9-6-13(11-15(18)23)16-7-8-17(26-16)21(29)25-12-14-5-4-10-24-20(14)22/h4-6,8-11H,3,7,12H2,1-2H3,(H,25,29). The average Bonchev–Trinajstić information content (AvgIpc) is 3.22. The summed E-state index contributed by atoms with van der Waals surface area (Å²) in [6, 6.07) is 8.09. The van der Waals surface area contributed by atoms with Crippen LogP contribution in [-0.2, 0) is 16.1 Å². The van der Waals surface area contributed by atoms with Gasteiger partial charge in [0.15, 0.2) is 0 Å². The van der Waals surface area contributed by atoms with Gasteiger partial charge < -0.3 is 10.2 Å². The largest absolute Gasteiger partial charge is 0.347 e. The minimum Gasteiger partial charge on any atom is -0.347 e. The van der Waals surface area contributed by atoms with E-state index in [1.807, 2.05) is 0 Å². The first-order valence-corrected chi connectivity index (χ1v) is 9.50. The fraction of sp³-hybridized carbons (Fsp3) is 0.238. The van der Waals surface area contributed by atoms with Gasteiger partial charge in [0.2, 0.25) is 5.91 Å². The maximum atomic E-state index is 14.5. The maximum absolute atomic E-state index is 14.5. The Bertz CT molecular complexity index is 1020. The number of hydrogen-bond donors (Lipinski definition) is 1. The van der Waals surface area contributed by atoms with E-state index in [0.717, 1.165) is 0 Å². The van der Waals surface area contributed by atoms with Gasteiger partial charge in [0.05, 0.1) is 11.4 Å². The molecule has 0 saturated carbocycles. The lowest BCUT2D eigenvalue weighted by Gasteiger charge is -2.17. The lowest BCUT2D eigenvalue weighted by atomic mass is 10.1. The zero-order valence-corrected chi connectivity index (χ0v) is 16.8. The Labute approximate surface area is 173 Å². The molecule has 1 aliphatic heterocycles. The van der Waals surface area contributed by atoms with Crippen molar-refractivity contribution in [1.29, 1.82) is 0 Å². The van der Waals surface area contributed by atoms with Gasteiger partial charge in [-0.2, -0.15) is 0 Å². The number of allylic oxidation sites excluding steroid dienone is 1. The molecule has 29 heavy (non-hydrogen) atoms. The topological polar surface area (TPSA) is 74.7 Å². The predicted octanol–water partition coefficient (Wildman–Crippen LogP) is 3.64. The molecule has 1 aromatic carbocycles. The second-order valence-electron chi connectivity index (χ2n) is 6.46. The number of benzene rings is 1. The van der Waals surface area contributed by atoms with Crippen molar-refractivity contribution in [1.82, 2.24) is 10.3 Å². The van der Waals surface area contributed by atoms with Crippen molar-refractivity contribution in [3.8, 4) is 0 Å². The summed E-state index contributed by atoms with van der Waals surface area (Å²) < 4.78 is 14.5. The molecule has 2 heterocycles. The number of halogens is 2. The lowest BCUT2D eigenvalue weighted by molar-refractivity contribution is -0.118. The Balaban J connectivity index is 1.68. The number of nitrogens with one attached hydrogen (secondary N) is 1. The van der Waals surface area contributed by atoms with Crippen LogP contribution < -0.4 is 10.2 Å². The minimum atomic E-state index is -0.515. The van der Waals surface area contributed by atoms with Crippen molar-refractivity contribution >= 4 is 34.8 Å². The van der Waals surface area contributed by atoms with E-state index < -0.39 is 5.82 Å². The molecule has 0 atom stereocenters. The number of hydrogen-bond acceptors (Lipinski definition) is 4. The number of aromatic nitrogens is 1. The van der Waals surface area contributed by atoms with Crippen LogP contribution in [0.25, 0.3) is 0 Å². The number of amides is 2. The molecule has 6 nitrogen and oxygen atoms in total. The molecule has 0 saturated heterocycles. The van der Waals surface area contributed by atoms with Crippen molar-refractivity contribution in [3.63, 3.8) is 0 Å². The SMILES string of the molecule is CCC(=O)N(C)c1ccc(C2=NC(C(=O)NCc3cccnc3Cl)=CC2)cc1F. The minimum absolute atomic E-state index is 0.177. The van der Waals surface area contributed by atoms with Gasteiger partial charge in [0, 0.05) is 38.2 Å². The summed E-state index contributed by atoms with van der Waals surface area (Å²) in [7, 11) is 1.54. The number of pyridine rings is 1. The van der Waals surface area contributed by atoms with Crippen molar-refractivity contribution in [2.24, 2.45) is 4.99 Å². The van der Waals surface area contributed by atoms with Gasteiger partial charge in [-0.05, 0) is 29.8 Å². The van der Waals surface area contributed by atoms with E-state index >= 15 is 0 Å². The number of nitrogens with zero attached hydrogens (tertiary/aromatic N) is 3.